The Kier molecular flexibility index (Phi) is 7.75. The molecule has 0 aliphatic rings. The number of amides is 1. The number of benzene rings is 2. The molecule has 0 saturated carbocycles. The van der Waals surface area contributed by atoms with Crippen LogP contribution in [0.1, 0.15) is 47.7 Å². The van der Waals surface area contributed by atoms with Gasteiger partial charge in [0, 0.05) is 16.8 Å². The van der Waals surface area contributed by atoms with Crippen molar-refractivity contribution in [2.24, 2.45) is 0 Å². The second-order valence-electron chi connectivity index (χ2n) is 8.11. The molecule has 3 aromatic rings. The lowest BCUT2D eigenvalue weighted by molar-refractivity contribution is 0.102. The number of halogens is 1. The fourth-order valence-corrected chi connectivity index (χ4v) is 4.29. The molecular weight excluding hydrogens is 475 g/mol. The number of nitrogen functional groups attached to an aromatic ring is 3. The Labute approximate surface area is 202 Å². The number of ether oxygens (including phenoxy) is 1. The Balaban J connectivity index is 1.58. The minimum absolute atomic E-state index is 0.0210. The van der Waals surface area contributed by atoms with Gasteiger partial charge in [-0.05, 0) is 60.7 Å². The van der Waals surface area contributed by atoms with Crippen LogP contribution in [0.15, 0.2) is 47.4 Å². The molecule has 0 radical (unpaired) electrons. The monoisotopic (exact) mass is 502 g/mol. The minimum atomic E-state index is -4.97. The summed E-state index contributed by atoms with van der Waals surface area (Å²) in [6.07, 6.45) is 1.12. The number of carbonyl (C=O) groups is 1. The normalized spacial score (nSPS) is 11.4. The Morgan fingerprint density at radius 3 is 2.26 bits per heavy atom. The van der Waals surface area contributed by atoms with E-state index in [-0.39, 0.29) is 29.1 Å². The van der Waals surface area contributed by atoms with E-state index >= 15 is 0 Å². The molecule has 10 nitrogen and oxygen atoms in total. The molecule has 1 amide bonds. The van der Waals surface area contributed by atoms with Crippen LogP contribution in [0.25, 0.3) is 0 Å². The predicted molar refractivity (Wildman–Crippen MR) is 132 cm³/mol. The van der Waals surface area contributed by atoms with Crippen LogP contribution in [0, 0.1) is 0 Å². The van der Waals surface area contributed by atoms with Crippen LogP contribution in [0.5, 0.6) is 5.75 Å². The molecule has 2 aromatic carbocycles. The quantitative estimate of drug-likeness (QED) is 0.252. The van der Waals surface area contributed by atoms with Gasteiger partial charge in [0.2, 0.25) is 5.95 Å². The molecule has 0 aliphatic carbocycles. The third kappa shape index (κ3) is 6.57. The summed E-state index contributed by atoms with van der Waals surface area (Å²) in [5.41, 5.74) is 18.6. The van der Waals surface area contributed by atoms with Crippen LogP contribution in [0.2, 0.25) is 0 Å². The van der Waals surface area contributed by atoms with Gasteiger partial charge in [0.25, 0.3) is 5.91 Å². The number of nitrogens with zero attached hydrogens (tertiary/aromatic N) is 2. The molecule has 0 fully saturated rings. The minimum Gasteiger partial charge on any atom is -0.494 e. The number of nitrogens with two attached hydrogens (primary N) is 3. The van der Waals surface area contributed by atoms with Gasteiger partial charge in [-0.3, -0.25) is 4.79 Å². The number of carbonyl (C=O) groups excluding carboxylic acids is 1. The van der Waals surface area contributed by atoms with Crippen LogP contribution >= 0.6 is 0 Å². The average Bonchev–Trinajstić information content (AvgIpc) is 2.78. The standard InChI is InChI=1S/C23H27FN6O4S/c1-13(2)17-10-5-14(12-19(17)35(24,32)33)22(31)28-15-6-8-16(9-7-15)34-11-3-4-18-20(25)29-23(27)30-21(18)26/h5-10,12-13H,3-4,11H2,1-2H3,(H,28,31)(H6,25,26,27,29,30). The number of rotatable bonds is 9. The molecule has 35 heavy (non-hydrogen) atoms. The number of nitrogens with one attached hydrogen (secondary N) is 1. The van der Waals surface area contributed by atoms with E-state index in [1.165, 1.54) is 12.1 Å². The lowest BCUT2D eigenvalue weighted by Gasteiger charge is -2.12. The van der Waals surface area contributed by atoms with Crippen molar-refractivity contribution in [1.82, 2.24) is 9.97 Å². The molecule has 0 unspecified atom stereocenters. The second kappa shape index (κ2) is 10.6. The van der Waals surface area contributed by atoms with Gasteiger partial charge in [0.15, 0.2) is 0 Å². The first-order valence-corrected chi connectivity index (χ1v) is 12.1. The summed E-state index contributed by atoms with van der Waals surface area (Å²) in [6.45, 7) is 3.85. The smallest absolute Gasteiger partial charge is 0.332 e. The van der Waals surface area contributed by atoms with Crippen LogP contribution in [0.3, 0.4) is 0 Å². The number of hydrogen-bond acceptors (Lipinski definition) is 9. The lowest BCUT2D eigenvalue weighted by Crippen LogP contribution is -2.13. The Bertz CT molecular complexity index is 1310. The molecule has 0 spiro atoms. The van der Waals surface area contributed by atoms with Gasteiger partial charge < -0.3 is 27.3 Å². The fourth-order valence-electron chi connectivity index (χ4n) is 3.43. The zero-order valence-electron chi connectivity index (χ0n) is 19.3. The summed E-state index contributed by atoms with van der Waals surface area (Å²) in [5, 5.41) is 2.65. The van der Waals surface area contributed by atoms with Crippen molar-refractivity contribution < 1.29 is 21.8 Å². The Hall–Kier alpha value is -3.93. The van der Waals surface area contributed by atoms with Crippen molar-refractivity contribution in [3.8, 4) is 5.75 Å². The summed E-state index contributed by atoms with van der Waals surface area (Å²) in [6, 6.07) is 10.6. The lowest BCUT2D eigenvalue weighted by atomic mass is 10.0. The largest absolute Gasteiger partial charge is 0.494 e. The fraction of sp³-hybridized carbons (Fsp3) is 0.261. The third-order valence-corrected chi connectivity index (χ3v) is 6.08. The Morgan fingerprint density at radius 2 is 1.69 bits per heavy atom. The van der Waals surface area contributed by atoms with Crippen molar-refractivity contribution in [1.29, 1.82) is 0 Å². The molecule has 1 heterocycles. The first kappa shape index (κ1) is 25.7. The van der Waals surface area contributed by atoms with Crippen molar-refractivity contribution in [3.63, 3.8) is 0 Å². The molecule has 0 aliphatic heterocycles. The number of hydrogen-bond donors (Lipinski definition) is 4. The maximum Gasteiger partial charge on any atom is 0.332 e. The van der Waals surface area contributed by atoms with Crippen LogP contribution in [-0.2, 0) is 16.6 Å². The van der Waals surface area contributed by atoms with Gasteiger partial charge in [-0.25, -0.2) is 0 Å². The van der Waals surface area contributed by atoms with Gasteiger partial charge in [0.1, 0.15) is 22.3 Å². The van der Waals surface area contributed by atoms with Crippen molar-refractivity contribution in [2.75, 3.05) is 29.1 Å². The molecule has 0 bridgehead atoms. The van der Waals surface area contributed by atoms with E-state index in [0.29, 0.717) is 42.0 Å². The second-order valence-corrected chi connectivity index (χ2v) is 9.42. The third-order valence-electron chi connectivity index (χ3n) is 5.20. The van der Waals surface area contributed by atoms with Gasteiger partial charge >= 0.3 is 10.2 Å². The summed E-state index contributed by atoms with van der Waals surface area (Å²) in [5.74, 6) is 0.280. The molecule has 3 rings (SSSR count). The SMILES string of the molecule is CC(C)c1ccc(C(=O)Nc2ccc(OCCCc3c(N)nc(N)nc3N)cc2)cc1S(=O)(=O)F. The van der Waals surface area contributed by atoms with E-state index in [4.69, 9.17) is 21.9 Å². The first-order valence-electron chi connectivity index (χ1n) is 10.8. The van der Waals surface area contributed by atoms with E-state index in [0.717, 1.165) is 6.07 Å². The molecule has 12 heteroatoms. The van der Waals surface area contributed by atoms with E-state index in [9.17, 15) is 17.1 Å². The van der Waals surface area contributed by atoms with Crippen molar-refractivity contribution in [2.45, 2.75) is 37.5 Å². The summed E-state index contributed by atoms with van der Waals surface area (Å²) in [7, 11) is -4.97. The number of anilines is 4. The van der Waals surface area contributed by atoms with Crippen molar-refractivity contribution in [3.05, 3.63) is 59.2 Å². The zero-order chi connectivity index (χ0) is 25.8. The zero-order valence-corrected chi connectivity index (χ0v) is 20.1. The number of aromatic nitrogens is 2. The molecule has 7 N–H and O–H groups in total. The van der Waals surface area contributed by atoms with E-state index < -0.39 is 21.0 Å². The van der Waals surface area contributed by atoms with Gasteiger partial charge in [-0.1, -0.05) is 19.9 Å². The highest BCUT2D eigenvalue weighted by molar-refractivity contribution is 7.86. The summed E-state index contributed by atoms with van der Waals surface area (Å²) >= 11 is 0. The van der Waals surface area contributed by atoms with Crippen LogP contribution in [0.4, 0.5) is 27.2 Å². The van der Waals surface area contributed by atoms with Crippen molar-refractivity contribution >= 4 is 39.4 Å². The summed E-state index contributed by atoms with van der Waals surface area (Å²) < 4.78 is 42.5. The van der Waals surface area contributed by atoms with E-state index in [1.807, 2.05) is 0 Å². The van der Waals surface area contributed by atoms with E-state index in [2.05, 4.69) is 15.3 Å². The molecule has 186 valence electrons. The summed E-state index contributed by atoms with van der Waals surface area (Å²) in [4.78, 5) is 19.9. The molecular formula is C23H27FN6O4S. The van der Waals surface area contributed by atoms with Crippen LogP contribution < -0.4 is 27.3 Å². The van der Waals surface area contributed by atoms with Gasteiger partial charge in [0.05, 0.1) is 6.61 Å². The Morgan fingerprint density at radius 1 is 1.06 bits per heavy atom. The highest BCUT2D eigenvalue weighted by atomic mass is 32.3. The van der Waals surface area contributed by atoms with Gasteiger partial charge in [-0.2, -0.15) is 18.4 Å². The van der Waals surface area contributed by atoms with Crippen LogP contribution in [-0.4, -0.2) is 30.9 Å². The molecule has 1 aromatic heterocycles. The maximum absolute atomic E-state index is 13.7. The predicted octanol–water partition coefficient (Wildman–Crippen LogP) is 3.27. The average molecular weight is 503 g/mol. The van der Waals surface area contributed by atoms with E-state index in [1.54, 1.807) is 38.1 Å². The van der Waals surface area contributed by atoms with Gasteiger partial charge in [-0.15, -0.1) is 3.89 Å². The maximum atomic E-state index is 13.7. The topological polar surface area (TPSA) is 176 Å². The molecule has 0 atom stereocenters. The highest BCUT2D eigenvalue weighted by Crippen LogP contribution is 2.27. The first-order chi connectivity index (χ1) is 16.5. The highest BCUT2D eigenvalue weighted by Gasteiger charge is 2.21. The molecule has 0 saturated heterocycles.